The first-order valence-electron chi connectivity index (χ1n) is 6.88. The number of aliphatic hydroxyl groups is 1. The molecule has 1 saturated carbocycles. The maximum atomic E-state index is 9.52. The fraction of sp³-hybridized carbons (Fsp3) is 0.625. The van der Waals surface area contributed by atoms with Crippen molar-refractivity contribution in [1.82, 2.24) is 0 Å². The number of phenolic OH excluding ortho intramolecular Hbond substituents is 1. The molecule has 1 aromatic rings. The van der Waals surface area contributed by atoms with E-state index in [-0.39, 0.29) is 10.8 Å². The molecule has 1 aliphatic rings. The maximum Gasteiger partial charge on any atom is 0.115 e. The summed E-state index contributed by atoms with van der Waals surface area (Å²) >= 11 is 0. The van der Waals surface area contributed by atoms with Gasteiger partial charge in [0.1, 0.15) is 5.75 Å². The molecule has 0 amide bonds. The molecule has 0 spiro atoms. The number of hydrogen-bond acceptors (Lipinski definition) is 2. The average molecular weight is 248 g/mol. The first-order valence-corrected chi connectivity index (χ1v) is 6.88. The minimum Gasteiger partial charge on any atom is -0.508 e. The number of phenols is 1. The number of aliphatic hydroxyl groups excluding tert-OH is 1. The monoisotopic (exact) mass is 248 g/mol. The highest BCUT2D eigenvalue weighted by molar-refractivity contribution is 5.31. The van der Waals surface area contributed by atoms with Crippen LogP contribution in [0.15, 0.2) is 24.3 Å². The molecule has 2 heteroatoms. The third-order valence-electron chi connectivity index (χ3n) is 4.74. The van der Waals surface area contributed by atoms with Crippen molar-refractivity contribution < 1.29 is 10.2 Å². The average Bonchev–Trinajstić information content (AvgIpc) is 2.52. The Labute approximate surface area is 110 Å². The molecular weight excluding hydrogens is 224 g/mol. The van der Waals surface area contributed by atoms with Gasteiger partial charge in [-0.05, 0) is 54.2 Å². The minimum absolute atomic E-state index is 0.0919. The zero-order valence-corrected chi connectivity index (χ0v) is 11.4. The van der Waals surface area contributed by atoms with Crippen LogP contribution in [0, 0.1) is 5.41 Å². The molecule has 2 unspecified atom stereocenters. The number of aromatic hydroxyl groups is 1. The summed E-state index contributed by atoms with van der Waals surface area (Å²) in [6.07, 6.45) is 5.61. The SMILES string of the molecule is CC1(CO)CCCC(C)(c2ccc(O)cc2)CC1. The summed E-state index contributed by atoms with van der Waals surface area (Å²) in [6.45, 7) is 4.79. The molecule has 0 saturated heterocycles. The van der Waals surface area contributed by atoms with Crippen LogP contribution in [0.5, 0.6) is 5.75 Å². The van der Waals surface area contributed by atoms with Crippen molar-refractivity contribution in [3.8, 4) is 5.75 Å². The topological polar surface area (TPSA) is 40.5 Å². The number of hydrogen-bond donors (Lipinski definition) is 2. The molecule has 0 radical (unpaired) electrons. The first kappa shape index (κ1) is 13.4. The van der Waals surface area contributed by atoms with Crippen molar-refractivity contribution in [2.75, 3.05) is 6.61 Å². The number of rotatable bonds is 2. The van der Waals surface area contributed by atoms with Crippen molar-refractivity contribution in [3.63, 3.8) is 0 Å². The summed E-state index contributed by atoms with van der Waals surface area (Å²) in [5.74, 6) is 0.330. The lowest BCUT2D eigenvalue weighted by Gasteiger charge is -2.30. The third kappa shape index (κ3) is 2.69. The molecule has 0 aliphatic heterocycles. The van der Waals surface area contributed by atoms with E-state index < -0.39 is 0 Å². The van der Waals surface area contributed by atoms with E-state index in [1.165, 1.54) is 5.56 Å². The molecular formula is C16H24O2. The Morgan fingerprint density at radius 3 is 2.28 bits per heavy atom. The first-order chi connectivity index (χ1) is 8.47. The predicted molar refractivity (Wildman–Crippen MR) is 73.7 cm³/mol. The third-order valence-corrected chi connectivity index (χ3v) is 4.74. The molecule has 0 aromatic heterocycles. The van der Waals surface area contributed by atoms with Crippen LogP contribution >= 0.6 is 0 Å². The van der Waals surface area contributed by atoms with Gasteiger partial charge in [0.15, 0.2) is 0 Å². The van der Waals surface area contributed by atoms with E-state index in [1.54, 1.807) is 12.1 Å². The minimum atomic E-state index is 0.0919. The predicted octanol–water partition coefficient (Wildman–Crippen LogP) is 3.61. The zero-order chi connectivity index (χ0) is 13.2. The van der Waals surface area contributed by atoms with Gasteiger partial charge in [-0.25, -0.2) is 0 Å². The van der Waals surface area contributed by atoms with E-state index in [2.05, 4.69) is 13.8 Å². The fourth-order valence-electron chi connectivity index (χ4n) is 3.04. The molecule has 18 heavy (non-hydrogen) atoms. The number of benzene rings is 1. The summed E-state index contributed by atoms with van der Waals surface area (Å²) in [5, 5.41) is 18.9. The summed E-state index contributed by atoms with van der Waals surface area (Å²) in [7, 11) is 0. The molecule has 2 rings (SSSR count). The Kier molecular flexibility index (Phi) is 3.67. The van der Waals surface area contributed by atoms with E-state index in [4.69, 9.17) is 0 Å². The van der Waals surface area contributed by atoms with Gasteiger partial charge in [0.2, 0.25) is 0 Å². The van der Waals surface area contributed by atoms with Gasteiger partial charge >= 0.3 is 0 Å². The second-order valence-electron chi connectivity index (χ2n) is 6.43. The fourth-order valence-corrected chi connectivity index (χ4v) is 3.04. The van der Waals surface area contributed by atoms with Crippen LogP contribution in [0.25, 0.3) is 0 Å². The molecule has 0 heterocycles. The van der Waals surface area contributed by atoms with Gasteiger partial charge in [0.05, 0.1) is 0 Å². The van der Waals surface area contributed by atoms with Gasteiger partial charge < -0.3 is 10.2 Å². The lowest BCUT2D eigenvalue weighted by Crippen LogP contribution is -2.23. The summed E-state index contributed by atoms with van der Waals surface area (Å²) in [4.78, 5) is 0. The van der Waals surface area contributed by atoms with E-state index in [0.717, 1.165) is 32.1 Å². The van der Waals surface area contributed by atoms with E-state index in [0.29, 0.717) is 12.4 Å². The highest BCUT2D eigenvalue weighted by atomic mass is 16.3. The summed E-state index contributed by atoms with van der Waals surface area (Å²) in [5.41, 5.74) is 1.58. The summed E-state index contributed by atoms with van der Waals surface area (Å²) in [6, 6.07) is 7.63. The van der Waals surface area contributed by atoms with Gasteiger partial charge in [0, 0.05) is 6.61 Å². The Balaban J connectivity index is 2.19. The second-order valence-corrected chi connectivity index (χ2v) is 6.43. The van der Waals surface area contributed by atoms with E-state index in [9.17, 15) is 10.2 Å². The molecule has 1 aliphatic carbocycles. The Morgan fingerprint density at radius 1 is 1.00 bits per heavy atom. The molecule has 2 atom stereocenters. The maximum absolute atomic E-state index is 9.52. The quantitative estimate of drug-likeness (QED) is 0.785. The van der Waals surface area contributed by atoms with Crippen LogP contribution in [-0.4, -0.2) is 16.8 Å². The van der Waals surface area contributed by atoms with Crippen LogP contribution < -0.4 is 0 Å². The summed E-state index contributed by atoms with van der Waals surface area (Å²) < 4.78 is 0. The molecule has 1 aromatic carbocycles. The highest BCUT2D eigenvalue weighted by Gasteiger charge is 2.35. The Morgan fingerprint density at radius 2 is 1.67 bits per heavy atom. The van der Waals surface area contributed by atoms with Crippen LogP contribution in [0.2, 0.25) is 0 Å². The lowest BCUT2D eigenvalue weighted by atomic mass is 9.75. The zero-order valence-electron chi connectivity index (χ0n) is 11.4. The van der Waals surface area contributed by atoms with Crippen molar-refractivity contribution in [3.05, 3.63) is 29.8 Å². The molecule has 2 N–H and O–H groups in total. The standard InChI is InChI=1S/C16H24O2/c1-15(12-17)8-3-9-16(2,11-10-15)13-4-6-14(18)7-5-13/h4-7,17-18H,3,8-12H2,1-2H3. The molecule has 0 bridgehead atoms. The van der Waals surface area contributed by atoms with Crippen molar-refractivity contribution in [2.45, 2.75) is 51.4 Å². The van der Waals surface area contributed by atoms with Crippen LogP contribution in [-0.2, 0) is 5.41 Å². The van der Waals surface area contributed by atoms with Crippen LogP contribution in [0.4, 0.5) is 0 Å². The smallest absolute Gasteiger partial charge is 0.115 e. The Bertz CT molecular complexity index is 398. The largest absolute Gasteiger partial charge is 0.508 e. The van der Waals surface area contributed by atoms with Gasteiger partial charge in [-0.1, -0.05) is 32.4 Å². The lowest BCUT2D eigenvalue weighted by molar-refractivity contribution is 0.123. The van der Waals surface area contributed by atoms with Crippen molar-refractivity contribution in [1.29, 1.82) is 0 Å². The van der Waals surface area contributed by atoms with Crippen LogP contribution in [0.1, 0.15) is 51.5 Å². The van der Waals surface area contributed by atoms with Gasteiger partial charge in [0.25, 0.3) is 0 Å². The van der Waals surface area contributed by atoms with E-state index >= 15 is 0 Å². The van der Waals surface area contributed by atoms with Gasteiger partial charge in [-0.15, -0.1) is 0 Å². The molecule has 1 fully saturated rings. The molecule has 2 nitrogen and oxygen atoms in total. The van der Waals surface area contributed by atoms with E-state index in [1.807, 2.05) is 12.1 Å². The Hall–Kier alpha value is -1.02. The van der Waals surface area contributed by atoms with Crippen molar-refractivity contribution >= 4 is 0 Å². The van der Waals surface area contributed by atoms with Gasteiger partial charge in [-0.3, -0.25) is 0 Å². The van der Waals surface area contributed by atoms with Crippen LogP contribution in [0.3, 0.4) is 0 Å². The normalized spacial score (nSPS) is 33.1. The second kappa shape index (κ2) is 4.93. The van der Waals surface area contributed by atoms with Crippen molar-refractivity contribution in [2.24, 2.45) is 5.41 Å². The molecule has 100 valence electrons. The van der Waals surface area contributed by atoms with Gasteiger partial charge in [-0.2, -0.15) is 0 Å². The highest BCUT2D eigenvalue weighted by Crippen LogP contribution is 2.44.